The second-order valence-corrected chi connectivity index (χ2v) is 7.01. The number of ether oxygens (including phenoxy) is 1. The molecule has 2 aromatic carbocycles. The molecule has 2 N–H and O–H groups in total. The van der Waals surface area contributed by atoms with Gasteiger partial charge in [0.05, 0.1) is 12.4 Å². The van der Waals surface area contributed by atoms with Crippen LogP contribution in [0, 0.1) is 0 Å². The van der Waals surface area contributed by atoms with Crippen LogP contribution in [0.1, 0.15) is 24.2 Å². The molecular weight excluding hydrogens is 328 g/mol. The van der Waals surface area contributed by atoms with E-state index in [1.54, 1.807) is 55.5 Å². The van der Waals surface area contributed by atoms with Gasteiger partial charge in [-0.25, -0.2) is 8.42 Å². The molecule has 0 spiro atoms. The molecule has 0 atom stereocenters. The molecule has 0 aliphatic rings. The largest absolute Gasteiger partial charge is 0.494 e. The van der Waals surface area contributed by atoms with Gasteiger partial charge in [0.2, 0.25) is 10.0 Å². The lowest BCUT2D eigenvalue weighted by atomic mass is 10.2. The topological polar surface area (TPSA) is 84.5 Å². The maximum atomic E-state index is 12.2. The van der Waals surface area contributed by atoms with Crippen molar-refractivity contribution < 1.29 is 17.9 Å². The molecule has 0 bridgehead atoms. The van der Waals surface area contributed by atoms with E-state index in [1.807, 2.05) is 6.92 Å². The van der Waals surface area contributed by atoms with Gasteiger partial charge in [-0.1, -0.05) is 0 Å². The minimum Gasteiger partial charge on any atom is -0.494 e. The first-order chi connectivity index (χ1) is 11.4. The van der Waals surface area contributed by atoms with E-state index in [0.717, 1.165) is 0 Å². The molecule has 6 nitrogen and oxygen atoms in total. The zero-order valence-corrected chi connectivity index (χ0v) is 14.4. The summed E-state index contributed by atoms with van der Waals surface area (Å²) in [6, 6.07) is 13.3. The van der Waals surface area contributed by atoms with E-state index in [9.17, 15) is 13.2 Å². The summed E-state index contributed by atoms with van der Waals surface area (Å²) in [7, 11) is -3.31. The Hall–Kier alpha value is -2.54. The fourth-order valence-electron chi connectivity index (χ4n) is 1.95. The van der Waals surface area contributed by atoms with E-state index in [0.29, 0.717) is 29.3 Å². The maximum absolute atomic E-state index is 12.2. The third kappa shape index (κ3) is 4.99. The third-order valence-corrected chi connectivity index (χ3v) is 4.53. The van der Waals surface area contributed by atoms with Crippen LogP contribution in [0.2, 0.25) is 0 Å². The average Bonchev–Trinajstić information content (AvgIpc) is 2.57. The summed E-state index contributed by atoms with van der Waals surface area (Å²) in [4.78, 5) is 12.2. The number of hydrogen-bond acceptors (Lipinski definition) is 4. The van der Waals surface area contributed by atoms with Gasteiger partial charge in [0.15, 0.2) is 0 Å². The van der Waals surface area contributed by atoms with Crippen molar-refractivity contribution in [3.63, 3.8) is 0 Å². The van der Waals surface area contributed by atoms with Crippen molar-refractivity contribution in [2.24, 2.45) is 0 Å². The number of sulfonamides is 1. The van der Waals surface area contributed by atoms with Crippen LogP contribution < -0.4 is 14.8 Å². The normalized spacial score (nSPS) is 10.9. The van der Waals surface area contributed by atoms with Crippen molar-refractivity contribution in [2.45, 2.75) is 13.8 Å². The molecule has 0 saturated carbocycles. The van der Waals surface area contributed by atoms with Crippen molar-refractivity contribution in [3.05, 3.63) is 54.1 Å². The van der Waals surface area contributed by atoms with Crippen molar-refractivity contribution in [1.82, 2.24) is 0 Å². The molecule has 24 heavy (non-hydrogen) atoms. The Kier molecular flexibility index (Phi) is 5.81. The third-order valence-electron chi connectivity index (χ3n) is 3.22. The molecule has 0 aliphatic heterocycles. The molecule has 0 unspecified atom stereocenters. The minimum absolute atomic E-state index is 0.00320. The van der Waals surface area contributed by atoms with Gasteiger partial charge in [-0.3, -0.25) is 9.52 Å². The van der Waals surface area contributed by atoms with Crippen LogP contribution in [0.25, 0.3) is 0 Å². The fraction of sp³-hybridized carbons (Fsp3) is 0.235. The van der Waals surface area contributed by atoms with E-state index in [-0.39, 0.29) is 11.7 Å². The van der Waals surface area contributed by atoms with Crippen LogP contribution in [-0.2, 0) is 10.0 Å². The van der Waals surface area contributed by atoms with Crippen LogP contribution >= 0.6 is 0 Å². The van der Waals surface area contributed by atoms with Gasteiger partial charge >= 0.3 is 0 Å². The number of nitrogens with one attached hydrogen (secondary N) is 2. The number of amides is 1. The Morgan fingerprint density at radius 1 is 0.958 bits per heavy atom. The molecule has 0 fully saturated rings. The van der Waals surface area contributed by atoms with E-state index >= 15 is 0 Å². The molecule has 0 aliphatic carbocycles. The highest BCUT2D eigenvalue weighted by molar-refractivity contribution is 7.92. The maximum Gasteiger partial charge on any atom is 0.255 e. The first-order valence-corrected chi connectivity index (χ1v) is 9.23. The molecule has 0 aromatic heterocycles. The van der Waals surface area contributed by atoms with Crippen LogP contribution in [0.15, 0.2) is 48.5 Å². The molecule has 0 saturated heterocycles. The zero-order valence-electron chi connectivity index (χ0n) is 13.6. The van der Waals surface area contributed by atoms with E-state index in [2.05, 4.69) is 10.0 Å². The number of hydrogen-bond donors (Lipinski definition) is 2. The van der Waals surface area contributed by atoms with Crippen LogP contribution in [0.5, 0.6) is 5.75 Å². The molecule has 0 radical (unpaired) electrons. The Morgan fingerprint density at radius 2 is 1.54 bits per heavy atom. The highest BCUT2D eigenvalue weighted by atomic mass is 32.2. The molecule has 0 heterocycles. The predicted molar refractivity (Wildman–Crippen MR) is 95.1 cm³/mol. The molecule has 7 heteroatoms. The van der Waals surface area contributed by atoms with Crippen molar-refractivity contribution in [3.8, 4) is 5.75 Å². The van der Waals surface area contributed by atoms with Gasteiger partial charge in [0.1, 0.15) is 5.75 Å². The van der Waals surface area contributed by atoms with E-state index < -0.39 is 10.0 Å². The van der Waals surface area contributed by atoms with Gasteiger partial charge in [-0.15, -0.1) is 0 Å². The smallest absolute Gasteiger partial charge is 0.255 e. The molecule has 2 rings (SSSR count). The van der Waals surface area contributed by atoms with Crippen LogP contribution in [-0.4, -0.2) is 26.7 Å². The first-order valence-electron chi connectivity index (χ1n) is 7.58. The highest BCUT2D eigenvalue weighted by Crippen LogP contribution is 2.17. The summed E-state index contributed by atoms with van der Waals surface area (Å²) in [5.74, 6) is 0.463. The van der Waals surface area contributed by atoms with Gasteiger partial charge in [-0.05, 0) is 62.4 Å². The van der Waals surface area contributed by atoms with Gasteiger partial charge in [-0.2, -0.15) is 0 Å². The van der Waals surface area contributed by atoms with Crippen molar-refractivity contribution in [1.29, 1.82) is 0 Å². The number of benzene rings is 2. The average molecular weight is 348 g/mol. The lowest BCUT2D eigenvalue weighted by molar-refractivity contribution is 0.102. The second kappa shape index (κ2) is 7.83. The van der Waals surface area contributed by atoms with Gasteiger partial charge in [0.25, 0.3) is 5.91 Å². The molecule has 2 aromatic rings. The minimum atomic E-state index is -3.31. The second-order valence-electron chi connectivity index (χ2n) is 4.99. The SMILES string of the molecule is CCOc1ccc(C(=O)Nc2ccc(NS(=O)(=O)CC)cc2)cc1. The first kappa shape index (κ1) is 17.8. The number of carbonyl (C=O) groups excluding carboxylic acids is 1. The molecule has 1 amide bonds. The van der Waals surface area contributed by atoms with Gasteiger partial charge < -0.3 is 10.1 Å². The zero-order chi connectivity index (χ0) is 17.6. The summed E-state index contributed by atoms with van der Waals surface area (Å²) < 4.78 is 30.8. The van der Waals surface area contributed by atoms with E-state index in [1.165, 1.54) is 0 Å². The lowest BCUT2D eigenvalue weighted by Gasteiger charge is -2.09. The van der Waals surface area contributed by atoms with Crippen LogP contribution in [0.4, 0.5) is 11.4 Å². The summed E-state index contributed by atoms with van der Waals surface area (Å²) in [5.41, 5.74) is 1.54. The lowest BCUT2D eigenvalue weighted by Crippen LogP contribution is -2.15. The highest BCUT2D eigenvalue weighted by Gasteiger charge is 2.08. The van der Waals surface area contributed by atoms with Crippen molar-refractivity contribution >= 4 is 27.3 Å². The molecular formula is C17H20N2O4S. The van der Waals surface area contributed by atoms with Gasteiger partial charge in [0, 0.05) is 16.9 Å². The Bertz CT molecular complexity index is 784. The van der Waals surface area contributed by atoms with Crippen molar-refractivity contribution in [2.75, 3.05) is 22.4 Å². The van der Waals surface area contributed by atoms with Crippen LogP contribution in [0.3, 0.4) is 0 Å². The summed E-state index contributed by atoms with van der Waals surface area (Å²) in [6.07, 6.45) is 0. The monoisotopic (exact) mass is 348 g/mol. The summed E-state index contributed by atoms with van der Waals surface area (Å²) in [5, 5.41) is 2.76. The summed E-state index contributed by atoms with van der Waals surface area (Å²) in [6.45, 7) is 4.03. The standard InChI is InChI=1S/C17H20N2O4S/c1-3-23-16-11-5-13(6-12-16)17(20)18-14-7-9-15(10-8-14)19-24(21,22)4-2/h5-12,19H,3-4H2,1-2H3,(H,18,20). The Morgan fingerprint density at radius 3 is 2.08 bits per heavy atom. The number of carbonyl (C=O) groups is 1. The predicted octanol–water partition coefficient (Wildman–Crippen LogP) is 3.10. The molecule has 128 valence electrons. The van der Waals surface area contributed by atoms with E-state index in [4.69, 9.17) is 4.74 Å². The summed E-state index contributed by atoms with van der Waals surface area (Å²) >= 11 is 0. The quantitative estimate of drug-likeness (QED) is 0.805. The Labute approximate surface area is 141 Å². The Balaban J connectivity index is 2.01. The number of anilines is 2. The fourth-order valence-corrected chi connectivity index (χ4v) is 2.59. The number of rotatable bonds is 7.